The molecule has 0 unspecified atom stereocenters. The Morgan fingerprint density at radius 1 is 1.30 bits per heavy atom. The lowest BCUT2D eigenvalue weighted by Crippen LogP contribution is -2.45. The molecule has 2 aromatic rings. The maximum Gasteiger partial charge on any atom is 0.254 e. The van der Waals surface area contributed by atoms with Crippen molar-refractivity contribution in [2.24, 2.45) is 0 Å². The third kappa shape index (κ3) is 4.71. The van der Waals surface area contributed by atoms with E-state index in [2.05, 4.69) is 25.2 Å². The fourth-order valence-electron chi connectivity index (χ4n) is 3.34. The van der Waals surface area contributed by atoms with Gasteiger partial charge >= 0.3 is 0 Å². The Balaban J connectivity index is 1.65. The van der Waals surface area contributed by atoms with Gasteiger partial charge in [-0.25, -0.2) is 9.97 Å². The SMILES string of the molecule is Cc1nc(C)c(CC(=O)Nc2ccc(N3C[C@@H](C)O[C@H](C)C3)nc2)c(=O)[nH]1. The first-order valence-electron chi connectivity index (χ1n) is 9.04. The molecule has 2 aromatic heterocycles. The van der Waals surface area contributed by atoms with E-state index < -0.39 is 0 Å². The van der Waals surface area contributed by atoms with Gasteiger partial charge < -0.3 is 19.9 Å². The number of morpholine rings is 1. The molecule has 0 radical (unpaired) electrons. The Labute approximate surface area is 158 Å². The van der Waals surface area contributed by atoms with E-state index in [1.807, 2.05) is 26.0 Å². The van der Waals surface area contributed by atoms with E-state index in [-0.39, 0.29) is 30.1 Å². The molecule has 8 heteroatoms. The first kappa shape index (κ1) is 19.0. The second kappa shape index (κ2) is 7.87. The van der Waals surface area contributed by atoms with Gasteiger partial charge in [0.25, 0.3) is 5.56 Å². The van der Waals surface area contributed by atoms with Crippen molar-refractivity contribution in [1.82, 2.24) is 15.0 Å². The third-order valence-electron chi connectivity index (χ3n) is 4.45. The zero-order valence-corrected chi connectivity index (χ0v) is 16.1. The number of H-pyrrole nitrogens is 1. The Morgan fingerprint density at radius 3 is 2.59 bits per heavy atom. The first-order chi connectivity index (χ1) is 12.8. The summed E-state index contributed by atoms with van der Waals surface area (Å²) in [6.07, 6.45) is 1.90. The minimum Gasteiger partial charge on any atom is -0.372 e. The standard InChI is InChI=1S/C19H25N5O3/c1-11-9-24(10-12(2)27-11)17-6-5-15(8-20-17)23-18(25)7-16-13(3)21-14(4)22-19(16)26/h5-6,8,11-12H,7,9-10H2,1-4H3,(H,23,25)(H,21,22,26)/t11-,12-/m1/s1. The van der Waals surface area contributed by atoms with Crippen LogP contribution in [0.15, 0.2) is 23.1 Å². The van der Waals surface area contributed by atoms with Gasteiger partial charge in [0.15, 0.2) is 0 Å². The van der Waals surface area contributed by atoms with Gasteiger partial charge in [-0.15, -0.1) is 0 Å². The van der Waals surface area contributed by atoms with Crippen LogP contribution in [0.5, 0.6) is 0 Å². The van der Waals surface area contributed by atoms with E-state index in [0.29, 0.717) is 22.8 Å². The molecule has 1 fully saturated rings. The largest absolute Gasteiger partial charge is 0.372 e. The number of aryl methyl sites for hydroxylation is 2. The van der Waals surface area contributed by atoms with E-state index in [0.717, 1.165) is 18.9 Å². The second-order valence-corrected chi connectivity index (χ2v) is 7.01. The van der Waals surface area contributed by atoms with Crippen molar-refractivity contribution < 1.29 is 9.53 Å². The van der Waals surface area contributed by atoms with Gasteiger partial charge in [0.2, 0.25) is 5.91 Å². The van der Waals surface area contributed by atoms with E-state index in [9.17, 15) is 9.59 Å². The second-order valence-electron chi connectivity index (χ2n) is 7.01. The normalized spacial score (nSPS) is 19.8. The van der Waals surface area contributed by atoms with Crippen LogP contribution >= 0.6 is 0 Å². The molecule has 1 amide bonds. The van der Waals surface area contributed by atoms with E-state index in [4.69, 9.17) is 4.74 Å². The number of nitrogens with zero attached hydrogens (tertiary/aromatic N) is 3. The number of hydrogen-bond acceptors (Lipinski definition) is 6. The summed E-state index contributed by atoms with van der Waals surface area (Å²) in [7, 11) is 0. The van der Waals surface area contributed by atoms with Gasteiger partial charge in [0, 0.05) is 24.3 Å². The molecule has 0 spiro atoms. The zero-order valence-electron chi connectivity index (χ0n) is 16.1. The van der Waals surface area contributed by atoms with Crippen LogP contribution in [0.25, 0.3) is 0 Å². The number of carbonyl (C=O) groups excluding carboxylic acids is 1. The quantitative estimate of drug-likeness (QED) is 0.846. The molecule has 0 bridgehead atoms. The molecule has 1 saturated heterocycles. The van der Waals surface area contributed by atoms with E-state index in [1.165, 1.54) is 0 Å². The fraction of sp³-hybridized carbons (Fsp3) is 0.474. The summed E-state index contributed by atoms with van der Waals surface area (Å²) in [6.45, 7) is 9.09. The predicted molar refractivity (Wildman–Crippen MR) is 103 cm³/mol. The smallest absolute Gasteiger partial charge is 0.254 e. The molecule has 27 heavy (non-hydrogen) atoms. The van der Waals surface area contributed by atoms with Crippen LogP contribution in [0.3, 0.4) is 0 Å². The zero-order chi connectivity index (χ0) is 19.6. The molecule has 144 valence electrons. The summed E-state index contributed by atoms with van der Waals surface area (Å²) >= 11 is 0. The highest BCUT2D eigenvalue weighted by atomic mass is 16.5. The molecular formula is C19H25N5O3. The molecule has 8 nitrogen and oxygen atoms in total. The van der Waals surface area contributed by atoms with Crippen LogP contribution in [0.1, 0.15) is 30.9 Å². The van der Waals surface area contributed by atoms with Gasteiger partial charge in [0.05, 0.1) is 30.5 Å². The van der Waals surface area contributed by atoms with Gasteiger partial charge in [-0.2, -0.15) is 0 Å². The average molecular weight is 371 g/mol. The van der Waals surface area contributed by atoms with Crippen LogP contribution in [-0.4, -0.2) is 46.2 Å². The van der Waals surface area contributed by atoms with Gasteiger partial charge in [-0.05, 0) is 39.8 Å². The number of carbonyl (C=O) groups is 1. The summed E-state index contributed by atoms with van der Waals surface area (Å²) in [4.78, 5) is 37.8. The van der Waals surface area contributed by atoms with Crippen molar-refractivity contribution in [3.05, 3.63) is 45.8 Å². The average Bonchev–Trinajstić information content (AvgIpc) is 2.58. The molecule has 3 heterocycles. The Morgan fingerprint density at radius 2 is 2.00 bits per heavy atom. The van der Waals surface area contributed by atoms with Crippen LogP contribution in [0.2, 0.25) is 0 Å². The third-order valence-corrected chi connectivity index (χ3v) is 4.45. The molecule has 0 aliphatic carbocycles. The fourth-order valence-corrected chi connectivity index (χ4v) is 3.34. The monoisotopic (exact) mass is 371 g/mol. The molecule has 0 saturated carbocycles. The van der Waals surface area contributed by atoms with Crippen molar-refractivity contribution in [3.63, 3.8) is 0 Å². The molecule has 1 aliphatic heterocycles. The van der Waals surface area contributed by atoms with Crippen LogP contribution in [0.4, 0.5) is 11.5 Å². The Hall–Kier alpha value is -2.74. The van der Waals surface area contributed by atoms with Crippen molar-refractivity contribution >= 4 is 17.4 Å². The van der Waals surface area contributed by atoms with Gasteiger partial charge in [-0.1, -0.05) is 0 Å². The van der Waals surface area contributed by atoms with E-state index >= 15 is 0 Å². The number of nitrogens with one attached hydrogen (secondary N) is 2. The summed E-state index contributed by atoms with van der Waals surface area (Å²) in [5.41, 5.74) is 1.25. The lowest BCUT2D eigenvalue weighted by molar-refractivity contribution is -0.115. The summed E-state index contributed by atoms with van der Waals surface area (Å²) in [5, 5.41) is 2.78. The summed E-state index contributed by atoms with van der Waals surface area (Å²) in [6, 6.07) is 3.70. The highest BCUT2D eigenvalue weighted by Crippen LogP contribution is 2.19. The lowest BCUT2D eigenvalue weighted by atomic mass is 10.1. The highest BCUT2D eigenvalue weighted by Gasteiger charge is 2.23. The van der Waals surface area contributed by atoms with Crippen molar-refractivity contribution in [2.75, 3.05) is 23.3 Å². The molecular weight excluding hydrogens is 346 g/mol. The van der Waals surface area contributed by atoms with Crippen LogP contribution in [-0.2, 0) is 16.0 Å². The number of ether oxygens (including phenoxy) is 1. The number of anilines is 2. The molecule has 3 rings (SSSR count). The molecule has 2 atom stereocenters. The minimum absolute atomic E-state index is 0.0330. The topological polar surface area (TPSA) is 100 Å². The molecule has 1 aliphatic rings. The Bertz CT molecular complexity index is 868. The maximum absolute atomic E-state index is 12.3. The first-order valence-corrected chi connectivity index (χ1v) is 9.04. The number of rotatable bonds is 4. The number of aromatic amines is 1. The van der Waals surface area contributed by atoms with Crippen LogP contribution < -0.4 is 15.8 Å². The van der Waals surface area contributed by atoms with Crippen LogP contribution in [0, 0.1) is 13.8 Å². The van der Waals surface area contributed by atoms with Gasteiger partial charge in [-0.3, -0.25) is 9.59 Å². The van der Waals surface area contributed by atoms with Crippen molar-refractivity contribution in [1.29, 1.82) is 0 Å². The molecule has 0 aromatic carbocycles. The number of aromatic nitrogens is 3. The summed E-state index contributed by atoms with van der Waals surface area (Å²) in [5.74, 6) is 1.11. The number of hydrogen-bond donors (Lipinski definition) is 2. The Kier molecular flexibility index (Phi) is 5.55. The van der Waals surface area contributed by atoms with Gasteiger partial charge in [0.1, 0.15) is 11.6 Å². The lowest BCUT2D eigenvalue weighted by Gasteiger charge is -2.36. The minimum atomic E-state index is -0.280. The maximum atomic E-state index is 12.3. The van der Waals surface area contributed by atoms with E-state index in [1.54, 1.807) is 20.0 Å². The van der Waals surface area contributed by atoms with Crippen molar-refractivity contribution in [3.8, 4) is 0 Å². The predicted octanol–water partition coefficient (Wildman–Crippen LogP) is 1.58. The summed E-state index contributed by atoms with van der Waals surface area (Å²) < 4.78 is 5.74. The number of pyridine rings is 1. The highest BCUT2D eigenvalue weighted by molar-refractivity contribution is 5.92. The molecule has 2 N–H and O–H groups in total. The number of amides is 1. The van der Waals surface area contributed by atoms with Crippen molar-refractivity contribution in [2.45, 2.75) is 46.3 Å².